The van der Waals surface area contributed by atoms with Crippen LogP contribution >= 0.6 is 11.3 Å². The van der Waals surface area contributed by atoms with Gasteiger partial charge in [-0.2, -0.15) is 0 Å². The molecule has 0 aliphatic rings. The maximum absolute atomic E-state index is 4.55. The van der Waals surface area contributed by atoms with Crippen molar-refractivity contribution >= 4 is 11.3 Å². The molecule has 1 nitrogen and oxygen atoms in total. The Morgan fingerprint density at radius 3 is 2.73 bits per heavy atom. The lowest BCUT2D eigenvalue weighted by Crippen LogP contribution is -1.81. The summed E-state index contributed by atoms with van der Waals surface area (Å²) in [5, 5.41) is 3.18. The Morgan fingerprint density at radius 2 is 2.07 bits per heavy atom. The number of allylic oxidation sites excluding steroid dienone is 1. The smallest absolute Gasteiger partial charge is 0.123 e. The van der Waals surface area contributed by atoms with Gasteiger partial charge in [0.15, 0.2) is 0 Å². The number of aryl methyl sites for hydroxylation is 1. The molecule has 2 rings (SSSR count). The first kappa shape index (κ1) is 10.1. The summed E-state index contributed by atoms with van der Waals surface area (Å²) in [7, 11) is 0. The zero-order valence-electron chi connectivity index (χ0n) is 8.73. The SMILES string of the molecule is C=CCc1csc(-c2ccc(C)cc2)n1. The van der Waals surface area contributed by atoms with Crippen LogP contribution in [0.2, 0.25) is 0 Å². The van der Waals surface area contributed by atoms with E-state index < -0.39 is 0 Å². The quantitative estimate of drug-likeness (QED) is 0.709. The van der Waals surface area contributed by atoms with E-state index in [0.29, 0.717) is 0 Å². The molecular weight excluding hydrogens is 202 g/mol. The van der Waals surface area contributed by atoms with Crippen LogP contribution in [0, 0.1) is 6.92 Å². The zero-order valence-corrected chi connectivity index (χ0v) is 9.55. The van der Waals surface area contributed by atoms with Crippen LogP contribution in [0.1, 0.15) is 11.3 Å². The van der Waals surface area contributed by atoms with Crippen molar-refractivity contribution in [3.63, 3.8) is 0 Å². The van der Waals surface area contributed by atoms with Gasteiger partial charge in [0, 0.05) is 17.4 Å². The van der Waals surface area contributed by atoms with Crippen LogP contribution in [-0.4, -0.2) is 4.98 Å². The van der Waals surface area contributed by atoms with E-state index in [-0.39, 0.29) is 0 Å². The van der Waals surface area contributed by atoms with Crippen molar-refractivity contribution in [3.05, 3.63) is 53.6 Å². The summed E-state index contributed by atoms with van der Waals surface area (Å²) in [6, 6.07) is 8.46. The van der Waals surface area contributed by atoms with Crippen molar-refractivity contribution in [3.8, 4) is 10.6 Å². The first-order valence-electron chi connectivity index (χ1n) is 4.92. The van der Waals surface area contributed by atoms with E-state index in [1.807, 2.05) is 6.08 Å². The summed E-state index contributed by atoms with van der Waals surface area (Å²) in [5.74, 6) is 0. The second kappa shape index (κ2) is 4.41. The lowest BCUT2D eigenvalue weighted by molar-refractivity contribution is 1.16. The maximum atomic E-state index is 4.55. The van der Waals surface area contributed by atoms with E-state index in [1.54, 1.807) is 11.3 Å². The average molecular weight is 215 g/mol. The minimum absolute atomic E-state index is 0.850. The summed E-state index contributed by atoms with van der Waals surface area (Å²) >= 11 is 1.69. The van der Waals surface area contributed by atoms with Gasteiger partial charge in [-0.1, -0.05) is 35.9 Å². The Kier molecular flexibility index (Phi) is 2.97. The fraction of sp³-hybridized carbons (Fsp3) is 0.154. The molecule has 1 heterocycles. The molecule has 0 amide bonds. The number of nitrogens with zero attached hydrogens (tertiary/aromatic N) is 1. The van der Waals surface area contributed by atoms with E-state index in [9.17, 15) is 0 Å². The first-order chi connectivity index (χ1) is 7.29. The van der Waals surface area contributed by atoms with Crippen molar-refractivity contribution in [2.24, 2.45) is 0 Å². The minimum Gasteiger partial charge on any atom is -0.241 e. The number of rotatable bonds is 3. The summed E-state index contributed by atoms with van der Waals surface area (Å²) in [4.78, 5) is 4.55. The molecule has 0 radical (unpaired) electrons. The molecule has 15 heavy (non-hydrogen) atoms. The predicted molar refractivity (Wildman–Crippen MR) is 66.2 cm³/mol. The molecule has 76 valence electrons. The van der Waals surface area contributed by atoms with Crippen LogP contribution in [0.25, 0.3) is 10.6 Å². The van der Waals surface area contributed by atoms with E-state index >= 15 is 0 Å². The van der Waals surface area contributed by atoms with Crippen molar-refractivity contribution in [1.82, 2.24) is 4.98 Å². The normalized spacial score (nSPS) is 10.2. The van der Waals surface area contributed by atoms with Gasteiger partial charge in [-0.25, -0.2) is 4.98 Å². The van der Waals surface area contributed by atoms with Crippen molar-refractivity contribution < 1.29 is 0 Å². The summed E-state index contributed by atoms with van der Waals surface area (Å²) < 4.78 is 0. The molecule has 2 heteroatoms. The van der Waals surface area contributed by atoms with E-state index in [1.165, 1.54) is 11.1 Å². The monoisotopic (exact) mass is 215 g/mol. The summed E-state index contributed by atoms with van der Waals surface area (Å²) in [5.41, 5.74) is 3.58. The van der Waals surface area contributed by atoms with Gasteiger partial charge in [0.05, 0.1) is 5.69 Å². The molecule has 0 saturated heterocycles. The third-order valence-corrected chi connectivity index (χ3v) is 3.14. The largest absolute Gasteiger partial charge is 0.241 e. The lowest BCUT2D eigenvalue weighted by Gasteiger charge is -1.96. The molecule has 0 spiro atoms. The molecular formula is C13H13NS. The van der Waals surface area contributed by atoms with Gasteiger partial charge >= 0.3 is 0 Å². The number of hydrogen-bond donors (Lipinski definition) is 0. The Labute approximate surface area is 94.1 Å². The molecule has 0 aliphatic carbocycles. The maximum Gasteiger partial charge on any atom is 0.123 e. The van der Waals surface area contributed by atoms with Crippen LogP contribution in [0.15, 0.2) is 42.3 Å². The topological polar surface area (TPSA) is 12.9 Å². The molecule has 0 aliphatic heterocycles. The zero-order chi connectivity index (χ0) is 10.7. The van der Waals surface area contributed by atoms with Crippen LogP contribution < -0.4 is 0 Å². The molecule has 2 aromatic rings. The number of hydrogen-bond acceptors (Lipinski definition) is 2. The van der Waals surface area contributed by atoms with Crippen LogP contribution in [-0.2, 0) is 6.42 Å². The molecule has 1 aromatic heterocycles. The molecule has 0 fully saturated rings. The minimum atomic E-state index is 0.850. The highest BCUT2D eigenvalue weighted by Gasteiger charge is 2.02. The third-order valence-electron chi connectivity index (χ3n) is 2.20. The first-order valence-corrected chi connectivity index (χ1v) is 5.80. The van der Waals surface area contributed by atoms with Crippen LogP contribution in [0.4, 0.5) is 0 Å². The summed E-state index contributed by atoms with van der Waals surface area (Å²) in [6.45, 7) is 5.81. The molecule has 0 N–H and O–H groups in total. The summed E-state index contributed by atoms with van der Waals surface area (Å²) in [6.07, 6.45) is 2.73. The van der Waals surface area contributed by atoms with Gasteiger partial charge in [-0.15, -0.1) is 17.9 Å². The number of aromatic nitrogens is 1. The fourth-order valence-corrected chi connectivity index (χ4v) is 2.22. The van der Waals surface area contributed by atoms with Crippen molar-refractivity contribution in [2.45, 2.75) is 13.3 Å². The standard InChI is InChI=1S/C13H13NS/c1-3-4-12-9-15-13(14-12)11-7-5-10(2)6-8-11/h3,5-9H,1,4H2,2H3. The van der Waals surface area contributed by atoms with E-state index in [0.717, 1.165) is 17.1 Å². The van der Waals surface area contributed by atoms with Crippen LogP contribution in [0.5, 0.6) is 0 Å². The van der Waals surface area contributed by atoms with Gasteiger partial charge in [0.2, 0.25) is 0 Å². The van der Waals surface area contributed by atoms with Gasteiger partial charge in [-0.05, 0) is 6.92 Å². The predicted octanol–water partition coefficient (Wildman–Crippen LogP) is 3.85. The van der Waals surface area contributed by atoms with Gasteiger partial charge in [0.25, 0.3) is 0 Å². The second-order valence-corrected chi connectivity index (χ2v) is 4.36. The fourth-order valence-electron chi connectivity index (χ4n) is 1.38. The van der Waals surface area contributed by atoms with E-state index in [4.69, 9.17) is 0 Å². The highest BCUT2D eigenvalue weighted by atomic mass is 32.1. The lowest BCUT2D eigenvalue weighted by atomic mass is 10.2. The Morgan fingerprint density at radius 1 is 1.33 bits per heavy atom. The van der Waals surface area contributed by atoms with Crippen LogP contribution in [0.3, 0.4) is 0 Å². The van der Waals surface area contributed by atoms with E-state index in [2.05, 4.69) is 48.1 Å². The van der Waals surface area contributed by atoms with Crippen molar-refractivity contribution in [2.75, 3.05) is 0 Å². The Hall–Kier alpha value is -1.41. The third kappa shape index (κ3) is 2.34. The van der Waals surface area contributed by atoms with Gasteiger partial charge < -0.3 is 0 Å². The molecule has 0 atom stereocenters. The Bertz CT molecular complexity index is 454. The van der Waals surface area contributed by atoms with Gasteiger partial charge in [0.1, 0.15) is 5.01 Å². The Balaban J connectivity index is 2.28. The molecule has 0 saturated carbocycles. The van der Waals surface area contributed by atoms with Crippen molar-refractivity contribution in [1.29, 1.82) is 0 Å². The highest BCUT2D eigenvalue weighted by Crippen LogP contribution is 2.24. The highest BCUT2D eigenvalue weighted by molar-refractivity contribution is 7.13. The molecule has 0 bridgehead atoms. The van der Waals surface area contributed by atoms with Gasteiger partial charge in [-0.3, -0.25) is 0 Å². The number of thiazole rings is 1. The second-order valence-electron chi connectivity index (χ2n) is 3.50. The molecule has 1 aromatic carbocycles. The average Bonchev–Trinajstić information content (AvgIpc) is 2.68. The number of benzene rings is 1. The molecule has 0 unspecified atom stereocenters.